The first-order valence-corrected chi connectivity index (χ1v) is 9.97. The number of piperidine rings is 1. The summed E-state index contributed by atoms with van der Waals surface area (Å²) in [6.45, 7) is 5.17. The van der Waals surface area contributed by atoms with Gasteiger partial charge in [-0.25, -0.2) is 9.97 Å². The SMILES string of the molecule is CCc1nccn1-c1nccnc1[C@H]1CCCN(Cc2ccc(OC)cc2)C1. The molecule has 2 aromatic heterocycles. The molecule has 1 atom stereocenters. The maximum absolute atomic E-state index is 5.27. The van der Waals surface area contributed by atoms with E-state index in [0.717, 1.165) is 55.6 Å². The molecule has 0 saturated carbocycles. The van der Waals surface area contributed by atoms with Crippen molar-refractivity contribution in [2.75, 3.05) is 20.2 Å². The highest BCUT2D eigenvalue weighted by Crippen LogP contribution is 2.30. The summed E-state index contributed by atoms with van der Waals surface area (Å²) in [7, 11) is 1.70. The van der Waals surface area contributed by atoms with Crippen LogP contribution in [0.2, 0.25) is 0 Å². The van der Waals surface area contributed by atoms with Gasteiger partial charge in [-0.2, -0.15) is 0 Å². The molecule has 1 fully saturated rings. The van der Waals surface area contributed by atoms with Crippen LogP contribution >= 0.6 is 0 Å². The lowest BCUT2D eigenvalue weighted by Gasteiger charge is -2.33. The number of ether oxygens (including phenoxy) is 1. The van der Waals surface area contributed by atoms with Crippen LogP contribution in [0.1, 0.15) is 42.8 Å². The van der Waals surface area contributed by atoms with Gasteiger partial charge in [0.1, 0.15) is 11.6 Å². The highest BCUT2D eigenvalue weighted by Gasteiger charge is 2.26. The molecule has 6 heteroatoms. The average Bonchev–Trinajstić information content (AvgIpc) is 3.23. The van der Waals surface area contributed by atoms with E-state index in [-0.39, 0.29) is 0 Å². The number of nitrogens with zero attached hydrogens (tertiary/aromatic N) is 5. The number of aromatic nitrogens is 4. The Kier molecular flexibility index (Phi) is 5.67. The Morgan fingerprint density at radius 3 is 2.68 bits per heavy atom. The molecule has 6 nitrogen and oxygen atoms in total. The molecular formula is C22H27N5O. The zero-order valence-electron chi connectivity index (χ0n) is 16.6. The molecule has 0 radical (unpaired) electrons. The quantitative estimate of drug-likeness (QED) is 0.657. The van der Waals surface area contributed by atoms with E-state index in [9.17, 15) is 0 Å². The fraction of sp³-hybridized carbons (Fsp3) is 0.409. The molecule has 146 valence electrons. The van der Waals surface area contributed by atoms with Crippen molar-refractivity contribution in [3.05, 3.63) is 66.1 Å². The van der Waals surface area contributed by atoms with Gasteiger partial charge in [0.2, 0.25) is 0 Å². The van der Waals surface area contributed by atoms with Crippen LogP contribution in [-0.2, 0) is 13.0 Å². The average molecular weight is 377 g/mol. The topological polar surface area (TPSA) is 56.1 Å². The van der Waals surface area contributed by atoms with E-state index in [1.54, 1.807) is 13.3 Å². The molecule has 1 aromatic carbocycles. The van der Waals surface area contributed by atoms with Gasteiger partial charge in [-0.15, -0.1) is 0 Å². The second-order valence-corrected chi connectivity index (χ2v) is 7.25. The van der Waals surface area contributed by atoms with Crippen molar-refractivity contribution in [3.8, 4) is 11.6 Å². The van der Waals surface area contributed by atoms with Gasteiger partial charge in [-0.3, -0.25) is 14.5 Å². The van der Waals surface area contributed by atoms with Gasteiger partial charge < -0.3 is 4.74 Å². The Hall–Kier alpha value is -2.73. The third-order valence-corrected chi connectivity index (χ3v) is 5.43. The monoisotopic (exact) mass is 377 g/mol. The largest absolute Gasteiger partial charge is 0.497 e. The van der Waals surface area contributed by atoms with Crippen molar-refractivity contribution in [2.45, 2.75) is 38.6 Å². The predicted molar refractivity (Wildman–Crippen MR) is 109 cm³/mol. The van der Waals surface area contributed by atoms with Crippen molar-refractivity contribution in [3.63, 3.8) is 0 Å². The van der Waals surface area contributed by atoms with E-state index in [2.05, 4.69) is 38.5 Å². The summed E-state index contributed by atoms with van der Waals surface area (Å²) in [5.41, 5.74) is 2.39. The molecule has 0 amide bonds. The Balaban J connectivity index is 1.53. The van der Waals surface area contributed by atoms with E-state index < -0.39 is 0 Å². The van der Waals surface area contributed by atoms with Gasteiger partial charge in [-0.1, -0.05) is 19.1 Å². The van der Waals surface area contributed by atoms with Crippen LogP contribution in [0.5, 0.6) is 5.75 Å². The molecule has 1 saturated heterocycles. The standard InChI is InChI=1S/C22H27N5O/c1-3-20-23-12-14-27(20)22-21(24-10-11-25-22)18-5-4-13-26(16-18)15-17-6-8-19(28-2)9-7-17/h6-12,14,18H,3-5,13,15-16H2,1-2H3/t18-/m0/s1. The van der Waals surface area contributed by atoms with Crippen LogP contribution in [-0.4, -0.2) is 44.6 Å². The Morgan fingerprint density at radius 2 is 1.89 bits per heavy atom. The molecule has 4 rings (SSSR count). The predicted octanol–water partition coefficient (Wildman–Crippen LogP) is 3.61. The fourth-order valence-corrected chi connectivity index (χ4v) is 4.02. The second-order valence-electron chi connectivity index (χ2n) is 7.25. The lowest BCUT2D eigenvalue weighted by atomic mass is 9.94. The number of likely N-dealkylation sites (tertiary alicyclic amines) is 1. The molecule has 1 aliphatic heterocycles. The minimum absolute atomic E-state index is 0.378. The number of imidazole rings is 1. The summed E-state index contributed by atoms with van der Waals surface area (Å²) in [6.07, 6.45) is 10.6. The number of methoxy groups -OCH3 is 1. The first-order chi connectivity index (χ1) is 13.8. The van der Waals surface area contributed by atoms with Crippen LogP contribution in [0.15, 0.2) is 49.1 Å². The van der Waals surface area contributed by atoms with Crippen LogP contribution in [0.4, 0.5) is 0 Å². The molecule has 3 heterocycles. The molecule has 3 aromatic rings. The van der Waals surface area contributed by atoms with Gasteiger partial charge in [0.25, 0.3) is 0 Å². The van der Waals surface area contributed by atoms with Crippen molar-refractivity contribution in [2.24, 2.45) is 0 Å². The third-order valence-electron chi connectivity index (χ3n) is 5.43. The van der Waals surface area contributed by atoms with E-state index in [1.807, 2.05) is 30.7 Å². The number of aryl methyl sites for hydroxylation is 1. The van der Waals surface area contributed by atoms with E-state index >= 15 is 0 Å². The highest BCUT2D eigenvalue weighted by molar-refractivity contribution is 5.33. The lowest BCUT2D eigenvalue weighted by Crippen LogP contribution is -2.34. The van der Waals surface area contributed by atoms with Crippen molar-refractivity contribution >= 4 is 0 Å². The van der Waals surface area contributed by atoms with E-state index in [1.165, 1.54) is 12.0 Å². The van der Waals surface area contributed by atoms with Crippen LogP contribution in [0.3, 0.4) is 0 Å². The van der Waals surface area contributed by atoms with Crippen LogP contribution < -0.4 is 4.74 Å². The second kappa shape index (κ2) is 8.52. The van der Waals surface area contributed by atoms with Crippen LogP contribution in [0, 0.1) is 0 Å². The number of hydrogen-bond acceptors (Lipinski definition) is 5. The summed E-state index contributed by atoms with van der Waals surface area (Å²) < 4.78 is 7.35. The van der Waals surface area contributed by atoms with Crippen LogP contribution in [0.25, 0.3) is 5.82 Å². The molecule has 0 N–H and O–H groups in total. The smallest absolute Gasteiger partial charge is 0.160 e. The first kappa shape index (κ1) is 18.6. The van der Waals surface area contributed by atoms with Crippen molar-refractivity contribution < 1.29 is 4.74 Å². The molecule has 1 aliphatic rings. The van der Waals surface area contributed by atoms with Crippen molar-refractivity contribution in [1.29, 1.82) is 0 Å². The summed E-state index contributed by atoms with van der Waals surface area (Å²) in [6, 6.07) is 8.36. The van der Waals surface area contributed by atoms with Gasteiger partial charge in [0.15, 0.2) is 5.82 Å². The normalized spacial score (nSPS) is 17.6. The molecule has 0 spiro atoms. The Bertz CT molecular complexity index is 905. The summed E-state index contributed by atoms with van der Waals surface area (Å²) in [4.78, 5) is 16.4. The van der Waals surface area contributed by atoms with E-state index in [0.29, 0.717) is 5.92 Å². The maximum atomic E-state index is 5.27. The maximum Gasteiger partial charge on any atom is 0.160 e. The molecular weight excluding hydrogens is 350 g/mol. The number of hydrogen-bond donors (Lipinski definition) is 0. The van der Waals surface area contributed by atoms with Gasteiger partial charge in [-0.05, 0) is 37.1 Å². The summed E-state index contributed by atoms with van der Waals surface area (Å²) in [5, 5.41) is 0. The third kappa shape index (κ3) is 3.92. The minimum atomic E-state index is 0.378. The highest BCUT2D eigenvalue weighted by atomic mass is 16.5. The summed E-state index contributed by atoms with van der Waals surface area (Å²) >= 11 is 0. The van der Waals surface area contributed by atoms with Gasteiger partial charge >= 0.3 is 0 Å². The van der Waals surface area contributed by atoms with E-state index in [4.69, 9.17) is 9.72 Å². The molecule has 0 unspecified atom stereocenters. The molecule has 28 heavy (non-hydrogen) atoms. The van der Waals surface area contributed by atoms with Gasteiger partial charge in [0.05, 0.1) is 12.8 Å². The minimum Gasteiger partial charge on any atom is -0.497 e. The Morgan fingerprint density at radius 1 is 1.07 bits per heavy atom. The first-order valence-electron chi connectivity index (χ1n) is 9.97. The molecule has 0 bridgehead atoms. The van der Waals surface area contributed by atoms with Crippen molar-refractivity contribution in [1.82, 2.24) is 24.4 Å². The number of rotatable bonds is 6. The fourth-order valence-electron chi connectivity index (χ4n) is 4.02. The summed E-state index contributed by atoms with van der Waals surface area (Å²) in [5.74, 6) is 3.22. The zero-order valence-corrected chi connectivity index (χ0v) is 16.6. The zero-order chi connectivity index (χ0) is 19.3. The Labute approximate surface area is 166 Å². The molecule has 0 aliphatic carbocycles. The van der Waals surface area contributed by atoms with Gasteiger partial charge in [0, 0.05) is 50.2 Å². The number of benzene rings is 1. The lowest BCUT2D eigenvalue weighted by molar-refractivity contribution is 0.198.